The zero-order chi connectivity index (χ0) is 15.4. The Morgan fingerprint density at radius 3 is 2.59 bits per heavy atom. The second kappa shape index (κ2) is 6.64. The molecular formula is C17H12ClNO2S. The SMILES string of the molecule is O=C(Nc1cc(Cl)ccc1Oc1ccccc1)c1cccs1. The van der Waals surface area contributed by atoms with Crippen molar-refractivity contribution in [2.45, 2.75) is 0 Å². The first-order valence-electron chi connectivity index (χ1n) is 6.60. The highest BCUT2D eigenvalue weighted by molar-refractivity contribution is 7.12. The van der Waals surface area contributed by atoms with Crippen LogP contribution in [0.3, 0.4) is 0 Å². The maximum atomic E-state index is 12.2. The summed E-state index contributed by atoms with van der Waals surface area (Å²) in [6, 6.07) is 18.1. The van der Waals surface area contributed by atoms with Gasteiger partial charge in [-0.2, -0.15) is 0 Å². The lowest BCUT2D eigenvalue weighted by Crippen LogP contribution is -2.10. The lowest BCUT2D eigenvalue weighted by Gasteiger charge is -2.12. The number of ether oxygens (including phenoxy) is 1. The number of carbonyl (C=O) groups is 1. The predicted octanol–water partition coefficient (Wildman–Crippen LogP) is 5.45. The molecule has 0 aliphatic rings. The number of rotatable bonds is 4. The molecule has 0 fully saturated rings. The molecule has 0 unspecified atom stereocenters. The highest BCUT2D eigenvalue weighted by Crippen LogP contribution is 2.32. The molecule has 0 bridgehead atoms. The zero-order valence-corrected chi connectivity index (χ0v) is 13.0. The Labute approximate surface area is 137 Å². The van der Waals surface area contributed by atoms with Crippen LogP contribution in [0.4, 0.5) is 5.69 Å². The van der Waals surface area contributed by atoms with Gasteiger partial charge in [-0.25, -0.2) is 0 Å². The minimum absolute atomic E-state index is 0.185. The van der Waals surface area contributed by atoms with Crippen LogP contribution in [0.25, 0.3) is 0 Å². The van der Waals surface area contributed by atoms with Crippen molar-refractivity contribution in [1.29, 1.82) is 0 Å². The van der Waals surface area contributed by atoms with Crippen LogP contribution in [-0.4, -0.2) is 5.91 Å². The number of hydrogen-bond acceptors (Lipinski definition) is 3. The van der Waals surface area contributed by atoms with Crippen molar-refractivity contribution in [2.75, 3.05) is 5.32 Å². The highest BCUT2D eigenvalue weighted by atomic mass is 35.5. The van der Waals surface area contributed by atoms with Crippen molar-refractivity contribution in [3.8, 4) is 11.5 Å². The van der Waals surface area contributed by atoms with E-state index in [0.29, 0.717) is 27.1 Å². The Morgan fingerprint density at radius 2 is 1.86 bits per heavy atom. The molecule has 0 atom stereocenters. The van der Waals surface area contributed by atoms with Gasteiger partial charge in [-0.1, -0.05) is 35.9 Å². The van der Waals surface area contributed by atoms with Crippen molar-refractivity contribution in [3.05, 3.63) is 75.9 Å². The molecule has 110 valence electrons. The average Bonchev–Trinajstić information content (AvgIpc) is 3.05. The number of carbonyl (C=O) groups excluding carboxylic acids is 1. The molecule has 1 N–H and O–H groups in total. The molecule has 1 amide bonds. The molecule has 0 spiro atoms. The van der Waals surface area contributed by atoms with Gasteiger partial charge in [0.2, 0.25) is 0 Å². The van der Waals surface area contributed by atoms with Crippen molar-refractivity contribution in [2.24, 2.45) is 0 Å². The van der Waals surface area contributed by atoms with Gasteiger partial charge >= 0.3 is 0 Å². The summed E-state index contributed by atoms with van der Waals surface area (Å²) in [5.41, 5.74) is 0.537. The van der Waals surface area contributed by atoms with E-state index in [9.17, 15) is 4.79 Å². The topological polar surface area (TPSA) is 38.3 Å². The third kappa shape index (κ3) is 3.47. The Balaban J connectivity index is 1.86. The summed E-state index contributed by atoms with van der Waals surface area (Å²) in [6.45, 7) is 0. The van der Waals surface area contributed by atoms with Gasteiger partial charge in [-0.3, -0.25) is 4.79 Å². The molecule has 1 heterocycles. The zero-order valence-electron chi connectivity index (χ0n) is 11.5. The summed E-state index contributed by atoms with van der Waals surface area (Å²) in [5, 5.41) is 5.22. The van der Waals surface area contributed by atoms with E-state index < -0.39 is 0 Å². The van der Waals surface area contributed by atoms with E-state index in [0.717, 1.165) is 0 Å². The Kier molecular flexibility index (Phi) is 4.42. The number of hydrogen-bond donors (Lipinski definition) is 1. The molecule has 0 aliphatic carbocycles. The Hall–Kier alpha value is -2.30. The van der Waals surface area contributed by atoms with Gasteiger partial charge in [0.25, 0.3) is 5.91 Å². The average molecular weight is 330 g/mol. The molecule has 5 heteroatoms. The summed E-state index contributed by atoms with van der Waals surface area (Å²) in [7, 11) is 0. The first-order valence-corrected chi connectivity index (χ1v) is 7.85. The minimum Gasteiger partial charge on any atom is -0.455 e. The number of amides is 1. The van der Waals surface area contributed by atoms with Crippen molar-refractivity contribution in [1.82, 2.24) is 0 Å². The smallest absolute Gasteiger partial charge is 0.265 e. The number of benzene rings is 2. The molecule has 0 aliphatic heterocycles. The van der Waals surface area contributed by atoms with E-state index >= 15 is 0 Å². The molecule has 3 nitrogen and oxygen atoms in total. The van der Waals surface area contributed by atoms with Crippen LogP contribution < -0.4 is 10.1 Å². The molecule has 0 radical (unpaired) electrons. The third-order valence-corrected chi connectivity index (χ3v) is 4.01. The second-order valence-corrected chi connectivity index (χ2v) is 5.87. The first-order chi connectivity index (χ1) is 10.7. The van der Waals surface area contributed by atoms with Gasteiger partial charge in [-0.15, -0.1) is 11.3 Å². The largest absolute Gasteiger partial charge is 0.455 e. The number of halogens is 1. The fourth-order valence-corrected chi connectivity index (χ4v) is 2.69. The lowest BCUT2D eigenvalue weighted by molar-refractivity contribution is 0.103. The molecule has 3 rings (SSSR count). The standard InChI is InChI=1S/C17H12ClNO2S/c18-12-8-9-15(21-13-5-2-1-3-6-13)14(11-12)19-17(20)16-7-4-10-22-16/h1-11H,(H,19,20). The summed E-state index contributed by atoms with van der Waals surface area (Å²) in [6.07, 6.45) is 0. The maximum Gasteiger partial charge on any atom is 0.265 e. The normalized spacial score (nSPS) is 10.2. The van der Waals surface area contributed by atoms with Crippen molar-refractivity contribution < 1.29 is 9.53 Å². The molecule has 2 aromatic carbocycles. The number of anilines is 1. The van der Waals surface area contributed by atoms with Crippen LogP contribution in [0.2, 0.25) is 5.02 Å². The summed E-state index contributed by atoms with van der Waals surface area (Å²) < 4.78 is 5.81. The summed E-state index contributed by atoms with van der Waals surface area (Å²) in [4.78, 5) is 12.8. The first kappa shape index (κ1) is 14.6. The van der Waals surface area contributed by atoms with Crippen molar-refractivity contribution in [3.63, 3.8) is 0 Å². The van der Waals surface area contributed by atoms with Gasteiger partial charge in [-0.05, 0) is 41.8 Å². The maximum absolute atomic E-state index is 12.2. The highest BCUT2D eigenvalue weighted by Gasteiger charge is 2.12. The minimum atomic E-state index is -0.185. The van der Waals surface area contributed by atoms with Crippen LogP contribution in [0, 0.1) is 0 Å². The van der Waals surface area contributed by atoms with E-state index in [2.05, 4.69) is 5.32 Å². The quantitative estimate of drug-likeness (QED) is 0.691. The molecule has 0 saturated carbocycles. The van der Waals surface area contributed by atoms with E-state index in [1.54, 1.807) is 24.3 Å². The van der Waals surface area contributed by atoms with Crippen molar-refractivity contribution >= 4 is 34.5 Å². The van der Waals surface area contributed by atoms with E-state index in [1.165, 1.54) is 11.3 Å². The summed E-state index contributed by atoms with van der Waals surface area (Å²) >= 11 is 7.40. The predicted molar refractivity (Wildman–Crippen MR) is 90.2 cm³/mol. The van der Waals surface area contributed by atoms with Crippen LogP contribution in [0.15, 0.2) is 66.0 Å². The van der Waals surface area contributed by atoms with E-state index in [4.69, 9.17) is 16.3 Å². The molecule has 22 heavy (non-hydrogen) atoms. The lowest BCUT2D eigenvalue weighted by atomic mass is 10.2. The molecule has 0 saturated heterocycles. The molecule has 1 aromatic heterocycles. The fourth-order valence-electron chi connectivity index (χ4n) is 1.90. The van der Waals surface area contributed by atoms with Gasteiger partial charge in [0.1, 0.15) is 5.75 Å². The number of thiophene rings is 1. The van der Waals surface area contributed by atoms with Gasteiger partial charge < -0.3 is 10.1 Å². The third-order valence-electron chi connectivity index (χ3n) is 2.91. The fraction of sp³-hybridized carbons (Fsp3) is 0. The summed E-state index contributed by atoms with van der Waals surface area (Å²) in [5.74, 6) is 1.05. The van der Waals surface area contributed by atoms with Gasteiger partial charge in [0, 0.05) is 5.02 Å². The molecular weight excluding hydrogens is 318 g/mol. The van der Waals surface area contributed by atoms with Gasteiger partial charge in [0.15, 0.2) is 5.75 Å². The van der Waals surface area contributed by atoms with Gasteiger partial charge in [0.05, 0.1) is 10.6 Å². The Bertz CT molecular complexity index is 773. The Morgan fingerprint density at radius 1 is 1.05 bits per heavy atom. The molecule has 3 aromatic rings. The monoisotopic (exact) mass is 329 g/mol. The van der Waals surface area contributed by atoms with Crippen LogP contribution in [0.5, 0.6) is 11.5 Å². The second-order valence-electron chi connectivity index (χ2n) is 4.49. The van der Waals surface area contributed by atoms with Crippen LogP contribution >= 0.6 is 22.9 Å². The number of para-hydroxylation sites is 1. The van der Waals surface area contributed by atoms with E-state index in [-0.39, 0.29) is 5.91 Å². The van der Waals surface area contributed by atoms with Crippen LogP contribution in [0.1, 0.15) is 9.67 Å². The van der Waals surface area contributed by atoms with Crippen LogP contribution in [-0.2, 0) is 0 Å². The van der Waals surface area contributed by atoms with E-state index in [1.807, 2.05) is 41.8 Å². The number of nitrogens with one attached hydrogen (secondary N) is 1.